The SMILES string of the molecule is CC(=O)Oc1ccc(CC(C(N)=O)C(=O)O)cc1. The number of ether oxygens (including phenoxy) is 1. The molecule has 1 aromatic carbocycles. The zero-order valence-electron chi connectivity index (χ0n) is 9.75. The minimum Gasteiger partial charge on any atom is -0.481 e. The number of amides is 1. The maximum atomic E-state index is 10.9. The predicted octanol–water partition coefficient (Wildman–Crippen LogP) is 0.340. The van der Waals surface area contributed by atoms with Crippen LogP contribution in [0.3, 0.4) is 0 Å². The van der Waals surface area contributed by atoms with E-state index in [4.69, 9.17) is 15.6 Å². The van der Waals surface area contributed by atoms with E-state index in [0.29, 0.717) is 11.3 Å². The number of rotatable bonds is 5. The van der Waals surface area contributed by atoms with E-state index in [-0.39, 0.29) is 6.42 Å². The van der Waals surface area contributed by atoms with Gasteiger partial charge in [0.25, 0.3) is 0 Å². The van der Waals surface area contributed by atoms with E-state index in [1.54, 1.807) is 12.1 Å². The average molecular weight is 251 g/mol. The van der Waals surface area contributed by atoms with Gasteiger partial charge in [-0.1, -0.05) is 12.1 Å². The Morgan fingerprint density at radius 2 is 1.83 bits per heavy atom. The minimum absolute atomic E-state index is 0.00498. The summed E-state index contributed by atoms with van der Waals surface area (Å²) < 4.78 is 4.82. The molecule has 6 heteroatoms. The van der Waals surface area contributed by atoms with Gasteiger partial charge in [-0.05, 0) is 24.1 Å². The van der Waals surface area contributed by atoms with Crippen molar-refractivity contribution >= 4 is 17.8 Å². The van der Waals surface area contributed by atoms with Crippen LogP contribution in [0.25, 0.3) is 0 Å². The molecule has 6 nitrogen and oxygen atoms in total. The number of esters is 1. The fraction of sp³-hybridized carbons (Fsp3) is 0.250. The summed E-state index contributed by atoms with van der Waals surface area (Å²) in [6.07, 6.45) is 0.00498. The van der Waals surface area contributed by atoms with Crippen LogP contribution < -0.4 is 10.5 Å². The molecule has 1 rings (SSSR count). The van der Waals surface area contributed by atoms with Crippen molar-refractivity contribution in [2.75, 3.05) is 0 Å². The molecule has 0 spiro atoms. The number of carboxylic acids is 1. The van der Waals surface area contributed by atoms with Crippen LogP contribution in [0.5, 0.6) is 5.75 Å². The fourth-order valence-electron chi connectivity index (χ4n) is 1.40. The lowest BCUT2D eigenvalue weighted by Crippen LogP contribution is -2.31. The highest BCUT2D eigenvalue weighted by atomic mass is 16.5. The number of aliphatic carboxylic acids is 1. The molecule has 96 valence electrons. The number of primary amides is 1. The first-order valence-electron chi connectivity index (χ1n) is 5.19. The molecule has 0 aromatic heterocycles. The van der Waals surface area contributed by atoms with Crippen LogP contribution in [0, 0.1) is 5.92 Å². The van der Waals surface area contributed by atoms with E-state index in [9.17, 15) is 14.4 Å². The molecule has 0 saturated heterocycles. The number of carbonyl (C=O) groups excluding carboxylic acids is 2. The second-order valence-electron chi connectivity index (χ2n) is 3.73. The summed E-state index contributed by atoms with van der Waals surface area (Å²) in [5.41, 5.74) is 5.61. The Labute approximate surface area is 103 Å². The monoisotopic (exact) mass is 251 g/mol. The Morgan fingerprint density at radius 3 is 2.22 bits per heavy atom. The van der Waals surface area contributed by atoms with E-state index in [2.05, 4.69) is 0 Å². The second-order valence-corrected chi connectivity index (χ2v) is 3.73. The van der Waals surface area contributed by atoms with Crippen LogP contribution in [0.2, 0.25) is 0 Å². The Morgan fingerprint density at radius 1 is 1.28 bits per heavy atom. The number of hydrogen-bond donors (Lipinski definition) is 2. The molecular weight excluding hydrogens is 238 g/mol. The highest BCUT2D eigenvalue weighted by Crippen LogP contribution is 2.15. The van der Waals surface area contributed by atoms with Crippen LogP contribution in [0.15, 0.2) is 24.3 Å². The van der Waals surface area contributed by atoms with Gasteiger partial charge in [0.2, 0.25) is 5.91 Å². The van der Waals surface area contributed by atoms with Crippen LogP contribution >= 0.6 is 0 Å². The predicted molar refractivity (Wildman–Crippen MR) is 61.8 cm³/mol. The van der Waals surface area contributed by atoms with Crippen molar-refractivity contribution in [3.8, 4) is 5.75 Å². The van der Waals surface area contributed by atoms with Gasteiger partial charge in [0.1, 0.15) is 11.7 Å². The van der Waals surface area contributed by atoms with Crippen LogP contribution in [0.4, 0.5) is 0 Å². The van der Waals surface area contributed by atoms with Crippen molar-refractivity contribution in [3.63, 3.8) is 0 Å². The van der Waals surface area contributed by atoms with Gasteiger partial charge in [0, 0.05) is 6.92 Å². The summed E-state index contributed by atoms with van der Waals surface area (Å²) in [5.74, 6) is -3.48. The van der Waals surface area contributed by atoms with Crippen LogP contribution in [-0.4, -0.2) is 23.0 Å². The lowest BCUT2D eigenvalue weighted by atomic mass is 9.99. The van der Waals surface area contributed by atoms with E-state index < -0.39 is 23.8 Å². The molecule has 0 aliphatic heterocycles. The van der Waals surface area contributed by atoms with E-state index in [1.165, 1.54) is 19.1 Å². The van der Waals surface area contributed by atoms with Crippen molar-refractivity contribution in [3.05, 3.63) is 29.8 Å². The van der Waals surface area contributed by atoms with E-state index >= 15 is 0 Å². The summed E-state index contributed by atoms with van der Waals surface area (Å²) in [4.78, 5) is 32.4. The van der Waals surface area contributed by atoms with Gasteiger partial charge in [-0.2, -0.15) is 0 Å². The molecule has 0 saturated carbocycles. The van der Waals surface area contributed by atoms with Gasteiger partial charge in [-0.3, -0.25) is 14.4 Å². The number of carbonyl (C=O) groups is 3. The molecule has 0 bridgehead atoms. The first-order valence-corrected chi connectivity index (χ1v) is 5.19. The molecule has 3 N–H and O–H groups in total. The van der Waals surface area contributed by atoms with Gasteiger partial charge in [-0.15, -0.1) is 0 Å². The van der Waals surface area contributed by atoms with Gasteiger partial charge in [-0.25, -0.2) is 0 Å². The topological polar surface area (TPSA) is 107 Å². The largest absolute Gasteiger partial charge is 0.481 e. The van der Waals surface area contributed by atoms with Crippen molar-refractivity contribution in [2.24, 2.45) is 11.7 Å². The molecule has 0 aliphatic carbocycles. The molecular formula is C12H13NO5. The van der Waals surface area contributed by atoms with Crippen molar-refractivity contribution < 1.29 is 24.2 Å². The van der Waals surface area contributed by atoms with Gasteiger partial charge >= 0.3 is 11.9 Å². The Bertz CT molecular complexity index is 452. The lowest BCUT2D eigenvalue weighted by molar-refractivity contribution is -0.146. The Hall–Kier alpha value is -2.37. The molecule has 1 atom stereocenters. The van der Waals surface area contributed by atoms with Gasteiger partial charge < -0.3 is 15.6 Å². The maximum Gasteiger partial charge on any atom is 0.316 e. The first-order chi connectivity index (χ1) is 8.40. The minimum atomic E-state index is -1.26. The number of nitrogens with two attached hydrogens (primary N) is 1. The third-order valence-electron chi connectivity index (χ3n) is 2.27. The van der Waals surface area contributed by atoms with Gasteiger partial charge in [0.15, 0.2) is 0 Å². The van der Waals surface area contributed by atoms with Crippen LogP contribution in [0.1, 0.15) is 12.5 Å². The summed E-state index contributed by atoms with van der Waals surface area (Å²) in [5, 5.41) is 8.81. The van der Waals surface area contributed by atoms with Crippen LogP contribution in [-0.2, 0) is 20.8 Å². The smallest absolute Gasteiger partial charge is 0.316 e. The summed E-state index contributed by atoms with van der Waals surface area (Å²) in [6, 6.07) is 6.21. The molecule has 1 aromatic rings. The third kappa shape index (κ3) is 3.89. The number of benzene rings is 1. The number of carboxylic acid groups (broad SMARTS) is 1. The Kier molecular flexibility index (Phi) is 4.42. The summed E-state index contributed by atoms with van der Waals surface area (Å²) >= 11 is 0. The third-order valence-corrected chi connectivity index (χ3v) is 2.27. The normalized spacial score (nSPS) is 11.6. The molecule has 1 unspecified atom stereocenters. The highest BCUT2D eigenvalue weighted by Gasteiger charge is 2.23. The average Bonchev–Trinajstić information content (AvgIpc) is 2.26. The molecule has 1 amide bonds. The molecule has 0 aliphatic rings. The molecule has 18 heavy (non-hydrogen) atoms. The maximum absolute atomic E-state index is 10.9. The highest BCUT2D eigenvalue weighted by molar-refractivity contribution is 5.96. The second kappa shape index (κ2) is 5.81. The molecule has 0 radical (unpaired) electrons. The summed E-state index contributed by atoms with van der Waals surface area (Å²) in [7, 11) is 0. The van der Waals surface area contributed by atoms with E-state index in [1.807, 2.05) is 0 Å². The van der Waals surface area contributed by atoms with Crippen molar-refractivity contribution in [1.29, 1.82) is 0 Å². The number of hydrogen-bond acceptors (Lipinski definition) is 4. The molecule has 0 fully saturated rings. The first kappa shape index (κ1) is 13.7. The zero-order valence-corrected chi connectivity index (χ0v) is 9.75. The summed E-state index contributed by atoms with van der Waals surface area (Å²) in [6.45, 7) is 1.28. The van der Waals surface area contributed by atoms with Crippen molar-refractivity contribution in [2.45, 2.75) is 13.3 Å². The zero-order chi connectivity index (χ0) is 13.7. The Balaban J connectivity index is 2.76. The van der Waals surface area contributed by atoms with E-state index in [0.717, 1.165) is 0 Å². The molecule has 0 heterocycles. The lowest BCUT2D eigenvalue weighted by Gasteiger charge is -2.08. The fourth-order valence-corrected chi connectivity index (χ4v) is 1.40. The quantitative estimate of drug-likeness (QED) is 0.446. The standard InChI is InChI=1S/C12H13NO5/c1-7(14)18-9-4-2-8(3-5-9)6-10(11(13)15)12(16)17/h2-5,10H,6H2,1H3,(H2,13,15)(H,16,17). The van der Waals surface area contributed by atoms with Crippen molar-refractivity contribution in [1.82, 2.24) is 0 Å². The van der Waals surface area contributed by atoms with Gasteiger partial charge in [0.05, 0.1) is 0 Å².